The molecular formula is C21H39NO2. The first-order valence-corrected chi connectivity index (χ1v) is 10.6. The summed E-state index contributed by atoms with van der Waals surface area (Å²) in [6.45, 7) is 11.8. The van der Waals surface area contributed by atoms with Crippen molar-refractivity contribution in [1.29, 1.82) is 0 Å². The minimum absolute atomic E-state index is 0.252. The minimum atomic E-state index is -0.252. The molecule has 3 heteroatoms. The Morgan fingerprint density at radius 2 is 1.75 bits per heavy atom. The van der Waals surface area contributed by atoms with Gasteiger partial charge in [0.15, 0.2) is 5.79 Å². The summed E-state index contributed by atoms with van der Waals surface area (Å²) < 4.78 is 12.8. The number of ether oxygens (including phenoxy) is 2. The quantitative estimate of drug-likeness (QED) is 0.705. The van der Waals surface area contributed by atoms with E-state index in [2.05, 4.69) is 25.7 Å². The molecule has 3 aliphatic rings. The maximum atomic E-state index is 6.57. The van der Waals surface area contributed by atoms with Crippen LogP contribution in [-0.2, 0) is 9.47 Å². The first-order valence-electron chi connectivity index (χ1n) is 10.6. The van der Waals surface area contributed by atoms with Gasteiger partial charge in [-0.25, -0.2) is 0 Å². The van der Waals surface area contributed by atoms with E-state index in [1.807, 2.05) is 0 Å². The summed E-state index contributed by atoms with van der Waals surface area (Å²) in [5, 5.41) is 0. The molecule has 2 saturated heterocycles. The third-order valence-corrected chi connectivity index (χ3v) is 6.84. The molecule has 140 valence electrons. The maximum absolute atomic E-state index is 6.57. The van der Waals surface area contributed by atoms with Crippen molar-refractivity contribution in [2.24, 2.45) is 11.3 Å². The molecule has 0 aromatic carbocycles. The van der Waals surface area contributed by atoms with Gasteiger partial charge in [-0.05, 0) is 62.9 Å². The van der Waals surface area contributed by atoms with E-state index in [0.29, 0.717) is 11.5 Å². The Morgan fingerprint density at radius 1 is 1.04 bits per heavy atom. The summed E-state index contributed by atoms with van der Waals surface area (Å²) in [5.41, 5.74) is 0.470. The van der Waals surface area contributed by atoms with Gasteiger partial charge in [-0.3, -0.25) is 0 Å². The van der Waals surface area contributed by atoms with E-state index in [1.165, 1.54) is 58.0 Å². The second-order valence-electron chi connectivity index (χ2n) is 9.16. The van der Waals surface area contributed by atoms with Crippen LogP contribution in [0.5, 0.6) is 0 Å². The summed E-state index contributed by atoms with van der Waals surface area (Å²) in [7, 11) is 0. The second-order valence-corrected chi connectivity index (χ2v) is 9.16. The lowest BCUT2D eigenvalue weighted by Crippen LogP contribution is -2.51. The number of hydrogen-bond donors (Lipinski definition) is 0. The molecule has 1 aliphatic carbocycles. The largest absolute Gasteiger partial charge is 0.350 e. The molecule has 1 atom stereocenters. The predicted octanol–water partition coefficient (Wildman–Crippen LogP) is 4.99. The fourth-order valence-corrected chi connectivity index (χ4v) is 5.28. The average Bonchev–Trinajstić information content (AvgIpc) is 2.56. The van der Waals surface area contributed by atoms with Crippen LogP contribution in [0.15, 0.2) is 0 Å². The van der Waals surface area contributed by atoms with Crippen molar-refractivity contribution in [3.8, 4) is 0 Å². The van der Waals surface area contributed by atoms with Crippen LogP contribution in [-0.4, -0.2) is 43.0 Å². The molecular weight excluding hydrogens is 298 g/mol. The highest BCUT2D eigenvalue weighted by atomic mass is 16.7. The number of piperidine rings is 1. The van der Waals surface area contributed by atoms with Crippen molar-refractivity contribution in [2.75, 3.05) is 26.2 Å². The first kappa shape index (κ1) is 18.7. The van der Waals surface area contributed by atoms with E-state index in [-0.39, 0.29) is 5.79 Å². The van der Waals surface area contributed by atoms with Crippen molar-refractivity contribution < 1.29 is 9.47 Å². The molecule has 2 aliphatic heterocycles. The van der Waals surface area contributed by atoms with E-state index in [4.69, 9.17) is 9.47 Å². The van der Waals surface area contributed by atoms with Crippen molar-refractivity contribution in [2.45, 2.75) is 96.9 Å². The molecule has 0 aromatic rings. The molecule has 1 spiro atoms. The zero-order valence-corrected chi connectivity index (χ0v) is 16.3. The molecule has 0 radical (unpaired) electrons. The number of hydrogen-bond acceptors (Lipinski definition) is 3. The Hall–Kier alpha value is -0.120. The van der Waals surface area contributed by atoms with Gasteiger partial charge >= 0.3 is 0 Å². The van der Waals surface area contributed by atoms with Crippen LogP contribution in [0.2, 0.25) is 0 Å². The van der Waals surface area contributed by atoms with Crippen LogP contribution in [0, 0.1) is 11.3 Å². The molecule has 0 aromatic heterocycles. The zero-order chi connectivity index (χ0) is 17.0. The van der Waals surface area contributed by atoms with Crippen molar-refractivity contribution >= 4 is 0 Å². The van der Waals surface area contributed by atoms with Gasteiger partial charge in [-0.15, -0.1) is 0 Å². The fraction of sp³-hybridized carbons (Fsp3) is 1.00. The lowest BCUT2D eigenvalue weighted by molar-refractivity contribution is -0.311. The Balaban J connectivity index is 1.51. The highest BCUT2D eigenvalue weighted by molar-refractivity contribution is 4.89. The lowest BCUT2D eigenvalue weighted by atomic mass is 9.67. The van der Waals surface area contributed by atoms with E-state index in [0.717, 1.165) is 38.3 Å². The molecule has 1 saturated carbocycles. The SMILES string of the molecule is CCCC(C)(C)C1CCC2(CC1)OCCC(CN1CCCCC1)O2. The van der Waals surface area contributed by atoms with Gasteiger partial charge in [0.05, 0.1) is 12.7 Å². The van der Waals surface area contributed by atoms with Crippen molar-refractivity contribution in [1.82, 2.24) is 4.90 Å². The van der Waals surface area contributed by atoms with Gasteiger partial charge < -0.3 is 14.4 Å². The average molecular weight is 338 g/mol. The first-order chi connectivity index (χ1) is 11.5. The van der Waals surface area contributed by atoms with Crippen molar-refractivity contribution in [3.63, 3.8) is 0 Å². The van der Waals surface area contributed by atoms with Gasteiger partial charge in [0, 0.05) is 19.4 Å². The zero-order valence-electron chi connectivity index (χ0n) is 16.3. The van der Waals surface area contributed by atoms with Gasteiger partial charge in [0.2, 0.25) is 0 Å². The third-order valence-electron chi connectivity index (χ3n) is 6.84. The Morgan fingerprint density at radius 3 is 2.42 bits per heavy atom. The molecule has 3 rings (SSSR count). The minimum Gasteiger partial charge on any atom is -0.350 e. The van der Waals surface area contributed by atoms with Gasteiger partial charge in [0.25, 0.3) is 0 Å². The monoisotopic (exact) mass is 337 g/mol. The molecule has 24 heavy (non-hydrogen) atoms. The molecule has 3 nitrogen and oxygen atoms in total. The van der Waals surface area contributed by atoms with Gasteiger partial charge in [0.1, 0.15) is 0 Å². The molecule has 3 fully saturated rings. The standard InChI is InChI=1S/C21H39NO2/c1-4-11-20(2,3)18-8-12-21(13-9-18)23-16-10-19(24-21)17-22-14-6-5-7-15-22/h18-19H,4-17H2,1-3H3. The molecule has 0 amide bonds. The van der Waals surface area contributed by atoms with E-state index in [1.54, 1.807) is 0 Å². The Bertz CT molecular complexity index is 381. The van der Waals surface area contributed by atoms with Crippen LogP contribution >= 0.6 is 0 Å². The Labute approximate surface area is 149 Å². The van der Waals surface area contributed by atoms with E-state index in [9.17, 15) is 0 Å². The number of nitrogens with zero attached hydrogens (tertiary/aromatic N) is 1. The highest BCUT2D eigenvalue weighted by Crippen LogP contribution is 2.47. The van der Waals surface area contributed by atoms with Gasteiger partial charge in [-0.1, -0.05) is 33.6 Å². The van der Waals surface area contributed by atoms with Crippen LogP contribution in [0.1, 0.15) is 85.0 Å². The summed E-state index contributed by atoms with van der Waals surface area (Å²) in [5.74, 6) is 0.579. The second kappa shape index (κ2) is 8.05. The molecule has 0 bridgehead atoms. The third kappa shape index (κ3) is 4.53. The summed E-state index contributed by atoms with van der Waals surface area (Å²) >= 11 is 0. The fourth-order valence-electron chi connectivity index (χ4n) is 5.28. The van der Waals surface area contributed by atoms with E-state index < -0.39 is 0 Å². The topological polar surface area (TPSA) is 21.7 Å². The summed E-state index contributed by atoms with van der Waals surface area (Å²) in [4.78, 5) is 2.61. The molecule has 1 unspecified atom stereocenters. The molecule has 0 N–H and O–H groups in total. The van der Waals surface area contributed by atoms with Crippen LogP contribution < -0.4 is 0 Å². The van der Waals surface area contributed by atoms with E-state index >= 15 is 0 Å². The lowest BCUT2D eigenvalue weighted by Gasteiger charge is -2.48. The summed E-state index contributed by atoms with van der Waals surface area (Å²) in [6.07, 6.45) is 13.0. The Kier molecular flexibility index (Phi) is 6.26. The smallest absolute Gasteiger partial charge is 0.168 e. The maximum Gasteiger partial charge on any atom is 0.168 e. The summed E-state index contributed by atoms with van der Waals surface area (Å²) in [6, 6.07) is 0. The van der Waals surface area contributed by atoms with Crippen LogP contribution in [0.4, 0.5) is 0 Å². The molecule has 2 heterocycles. The van der Waals surface area contributed by atoms with Crippen LogP contribution in [0.25, 0.3) is 0 Å². The van der Waals surface area contributed by atoms with Crippen LogP contribution in [0.3, 0.4) is 0 Å². The number of likely N-dealkylation sites (tertiary alicyclic amines) is 1. The normalized spacial score (nSPS) is 36.1. The van der Waals surface area contributed by atoms with Gasteiger partial charge in [-0.2, -0.15) is 0 Å². The van der Waals surface area contributed by atoms with Crippen molar-refractivity contribution in [3.05, 3.63) is 0 Å². The predicted molar refractivity (Wildman–Crippen MR) is 99.1 cm³/mol. The highest BCUT2D eigenvalue weighted by Gasteiger charge is 2.44. The number of rotatable bonds is 5.